The van der Waals surface area contributed by atoms with Crippen LogP contribution in [0.1, 0.15) is 52.4 Å². The van der Waals surface area contributed by atoms with E-state index in [1.54, 1.807) is 7.11 Å². The molecule has 142 valence electrons. The molecule has 4 bridgehead atoms. The molecular weight excluding hydrogens is 324 g/mol. The summed E-state index contributed by atoms with van der Waals surface area (Å²) in [6.07, 6.45) is 8.43. The minimum Gasteiger partial charge on any atom is -0.495 e. The van der Waals surface area contributed by atoms with Gasteiger partial charge in [0.2, 0.25) is 5.91 Å². The van der Waals surface area contributed by atoms with Gasteiger partial charge in [0.05, 0.1) is 18.8 Å². The topological polar surface area (TPSA) is 50.4 Å². The van der Waals surface area contributed by atoms with Gasteiger partial charge in [0.15, 0.2) is 0 Å². The first-order valence-electron chi connectivity index (χ1n) is 10.2. The van der Waals surface area contributed by atoms with E-state index in [2.05, 4.69) is 17.6 Å². The molecule has 4 nitrogen and oxygen atoms in total. The SMILES string of the molecule is COc1ccccc1NC(=O)[C@H](C)N[C@H](C)C12CC3CC(CC(C3)C1)C2. The summed E-state index contributed by atoms with van der Waals surface area (Å²) in [6, 6.07) is 7.73. The van der Waals surface area contributed by atoms with E-state index >= 15 is 0 Å². The molecule has 4 heteroatoms. The number of methoxy groups -OCH3 is 1. The summed E-state index contributed by atoms with van der Waals surface area (Å²) in [5.74, 6) is 3.50. The van der Waals surface area contributed by atoms with Crippen LogP contribution in [0.3, 0.4) is 0 Å². The Morgan fingerprint density at radius 1 is 1.08 bits per heavy atom. The zero-order chi connectivity index (χ0) is 18.3. The molecule has 26 heavy (non-hydrogen) atoms. The smallest absolute Gasteiger partial charge is 0.241 e. The number of amides is 1. The van der Waals surface area contributed by atoms with Crippen LogP contribution in [0.25, 0.3) is 0 Å². The van der Waals surface area contributed by atoms with E-state index in [1.807, 2.05) is 31.2 Å². The van der Waals surface area contributed by atoms with Gasteiger partial charge in [-0.1, -0.05) is 12.1 Å². The molecular formula is C22H32N2O2. The molecule has 1 aromatic carbocycles. The summed E-state index contributed by atoms with van der Waals surface area (Å²) < 4.78 is 5.34. The molecule has 5 rings (SSSR count). The third kappa shape index (κ3) is 3.24. The lowest BCUT2D eigenvalue weighted by Crippen LogP contribution is -2.57. The van der Waals surface area contributed by atoms with Gasteiger partial charge < -0.3 is 15.4 Å². The van der Waals surface area contributed by atoms with Crippen molar-refractivity contribution >= 4 is 11.6 Å². The molecule has 0 aliphatic heterocycles. The van der Waals surface area contributed by atoms with Gasteiger partial charge >= 0.3 is 0 Å². The Morgan fingerprint density at radius 3 is 2.23 bits per heavy atom. The molecule has 0 unspecified atom stereocenters. The van der Waals surface area contributed by atoms with E-state index in [0.717, 1.165) is 23.4 Å². The molecule has 4 aliphatic rings. The fourth-order valence-electron chi connectivity index (χ4n) is 6.32. The van der Waals surface area contributed by atoms with Crippen LogP contribution in [0.2, 0.25) is 0 Å². The average Bonchev–Trinajstić information content (AvgIpc) is 2.61. The highest BCUT2D eigenvalue weighted by Gasteiger charge is 2.53. The number of carbonyl (C=O) groups excluding carboxylic acids is 1. The zero-order valence-corrected chi connectivity index (χ0v) is 16.3. The number of hydrogen-bond acceptors (Lipinski definition) is 3. The standard InChI is InChI=1S/C22H32N2O2/c1-14(21(25)24-19-6-4-5-7-20(19)26-3)23-15(2)22-11-16-8-17(12-22)10-18(9-16)13-22/h4-7,14-18,23H,8-13H2,1-3H3,(H,24,25)/t14-,15+,16?,17?,18?,22?/m0/s1. The molecule has 0 aromatic heterocycles. The highest BCUT2D eigenvalue weighted by molar-refractivity contribution is 5.95. The van der Waals surface area contributed by atoms with Crippen LogP contribution < -0.4 is 15.4 Å². The van der Waals surface area contributed by atoms with Crippen LogP contribution in [-0.2, 0) is 4.79 Å². The summed E-state index contributed by atoms with van der Waals surface area (Å²) in [5.41, 5.74) is 1.14. The molecule has 0 heterocycles. The van der Waals surface area contributed by atoms with E-state index in [9.17, 15) is 4.79 Å². The lowest BCUT2D eigenvalue weighted by molar-refractivity contribution is -0.119. The van der Waals surface area contributed by atoms with Crippen LogP contribution in [0.5, 0.6) is 5.75 Å². The van der Waals surface area contributed by atoms with Crippen LogP contribution in [0.15, 0.2) is 24.3 Å². The predicted molar refractivity (Wildman–Crippen MR) is 104 cm³/mol. The van der Waals surface area contributed by atoms with Gasteiger partial charge in [0.1, 0.15) is 5.75 Å². The van der Waals surface area contributed by atoms with Crippen molar-refractivity contribution in [1.29, 1.82) is 0 Å². The number of para-hydroxylation sites is 2. The van der Waals surface area contributed by atoms with E-state index < -0.39 is 0 Å². The summed E-state index contributed by atoms with van der Waals surface area (Å²) in [7, 11) is 1.63. The first kappa shape index (κ1) is 17.8. The van der Waals surface area contributed by atoms with Gasteiger partial charge in [-0.05, 0) is 87.7 Å². The number of rotatable bonds is 6. The largest absolute Gasteiger partial charge is 0.495 e. The molecule has 0 saturated heterocycles. The average molecular weight is 357 g/mol. The van der Waals surface area contributed by atoms with Crippen LogP contribution in [0.4, 0.5) is 5.69 Å². The third-order valence-electron chi connectivity index (χ3n) is 7.26. The van der Waals surface area contributed by atoms with Crippen molar-refractivity contribution < 1.29 is 9.53 Å². The first-order valence-corrected chi connectivity index (χ1v) is 10.2. The maximum absolute atomic E-state index is 12.7. The van der Waals surface area contributed by atoms with Gasteiger partial charge in [0, 0.05) is 6.04 Å². The Balaban J connectivity index is 1.40. The van der Waals surface area contributed by atoms with Crippen molar-refractivity contribution in [2.75, 3.05) is 12.4 Å². The summed E-state index contributed by atoms with van der Waals surface area (Å²) in [6.45, 7) is 4.28. The number of carbonyl (C=O) groups is 1. The van der Waals surface area contributed by atoms with E-state index in [0.29, 0.717) is 17.2 Å². The molecule has 0 radical (unpaired) electrons. The molecule has 2 N–H and O–H groups in total. The number of nitrogens with one attached hydrogen (secondary N) is 2. The summed E-state index contributed by atoms with van der Waals surface area (Å²) in [5, 5.41) is 6.66. The Kier molecular flexibility index (Phi) is 4.72. The molecule has 4 saturated carbocycles. The quantitative estimate of drug-likeness (QED) is 0.802. The van der Waals surface area contributed by atoms with Gasteiger partial charge in [-0.3, -0.25) is 4.79 Å². The highest BCUT2D eigenvalue weighted by Crippen LogP contribution is 2.61. The number of ether oxygens (including phenoxy) is 1. The number of benzene rings is 1. The maximum atomic E-state index is 12.7. The second-order valence-corrected chi connectivity index (χ2v) is 9.08. The molecule has 0 spiro atoms. The lowest BCUT2D eigenvalue weighted by atomic mass is 9.48. The number of hydrogen-bond donors (Lipinski definition) is 2. The summed E-state index contributed by atoms with van der Waals surface area (Å²) in [4.78, 5) is 12.7. The molecule has 4 aliphatic carbocycles. The van der Waals surface area contributed by atoms with Gasteiger partial charge in [-0.2, -0.15) is 0 Å². The number of anilines is 1. The van der Waals surface area contributed by atoms with Crippen molar-refractivity contribution in [2.45, 2.75) is 64.5 Å². The Labute approximate surface area is 157 Å². The second-order valence-electron chi connectivity index (χ2n) is 9.08. The first-order chi connectivity index (χ1) is 12.5. The third-order valence-corrected chi connectivity index (χ3v) is 7.26. The molecule has 1 amide bonds. The fraction of sp³-hybridized carbons (Fsp3) is 0.682. The van der Waals surface area contributed by atoms with Gasteiger partial charge in [-0.25, -0.2) is 0 Å². The van der Waals surface area contributed by atoms with Crippen molar-refractivity contribution in [3.63, 3.8) is 0 Å². The molecule has 4 fully saturated rings. The maximum Gasteiger partial charge on any atom is 0.241 e. The monoisotopic (exact) mass is 356 g/mol. The Bertz CT molecular complexity index is 637. The van der Waals surface area contributed by atoms with Crippen molar-refractivity contribution in [2.24, 2.45) is 23.2 Å². The van der Waals surface area contributed by atoms with Crippen molar-refractivity contribution in [1.82, 2.24) is 5.32 Å². The van der Waals surface area contributed by atoms with E-state index in [1.165, 1.54) is 38.5 Å². The van der Waals surface area contributed by atoms with Crippen molar-refractivity contribution in [3.8, 4) is 5.75 Å². The predicted octanol–water partition coefficient (Wildman–Crippen LogP) is 4.22. The lowest BCUT2D eigenvalue weighted by Gasteiger charge is -2.59. The van der Waals surface area contributed by atoms with Crippen LogP contribution in [0, 0.1) is 23.2 Å². The van der Waals surface area contributed by atoms with Crippen LogP contribution in [-0.4, -0.2) is 25.1 Å². The highest BCUT2D eigenvalue weighted by atomic mass is 16.5. The minimum atomic E-state index is -0.220. The Morgan fingerprint density at radius 2 is 1.65 bits per heavy atom. The zero-order valence-electron chi connectivity index (χ0n) is 16.3. The van der Waals surface area contributed by atoms with Crippen molar-refractivity contribution in [3.05, 3.63) is 24.3 Å². The Hall–Kier alpha value is -1.55. The molecule has 2 atom stereocenters. The second kappa shape index (κ2) is 6.88. The minimum absolute atomic E-state index is 0.00563. The van der Waals surface area contributed by atoms with Crippen LogP contribution >= 0.6 is 0 Å². The molecule has 1 aromatic rings. The van der Waals surface area contributed by atoms with Gasteiger partial charge in [-0.15, -0.1) is 0 Å². The normalized spacial score (nSPS) is 34.3. The summed E-state index contributed by atoms with van der Waals surface area (Å²) >= 11 is 0. The van der Waals surface area contributed by atoms with E-state index in [4.69, 9.17) is 4.74 Å². The fourth-order valence-corrected chi connectivity index (χ4v) is 6.32. The van der Waals surface area contributed by atoms with Gasteiger partial charge in [0.25, 0.3) is 0 Å². The van der Waals surface area contributed by atoms with E-state index in [-0.39, 0.29) is 11.9 Å².